The van der Waals surface area contributed by atoms with Crippen LogP contribution in [0.25, 0.3) is 0 Å². The maximum atomic E-state index is 8.97. The molecule has 0 amide bonds. The second kappa shape index (κ2) is 5.41. The SMILES string of the molecule is CCC(CC)[C@@H](C#N)O[Si](C)(C)C. The Morgan fingerprint density at radius 2 is 1.69 bits per heavy atom. The van der Waals surface area contributed by atoms with Crippen LogP contribution in [-0.4, -0.2) is 14.4 Å². The summed E-state index contributed by atoms with van der Waals surface area (Å²) in [7, 11) is -1.56. The first kappa shape index (κ1) is 12.7. The average Bonchev–Trinajstić information content (AvgIpc) is 2.02. The summed E-state index contributed by atoms with van der Waals surface area (Å²) < 4.78 is 5.81. The van der Waals surface area contributed by atoms with E-state index >= 15 is 0 Å². The normalized spacial score (nSPS) is 14.2. The van der Waals surface area contributed by atoms with Crippen LogP contribution in [-0.2, 0) is 4.43 Å². The van der Waals surface area contributed by atoms with Crippen molar-refractivity contribution in [2.45, 2.75) is 52.4 Å². The first-order chi connectivity index (χ1) is 5.94. The van der Waals surface area contributed by atoms with Crippen molar-refractivity contribution >= 4 is 8.32 Å². The van der Waals surface area contributed by atoms with Crippen LogP contribution < -0.4 is 0 Å². The third kappa shape index (κ3) is 5.07. The average molecular weight is 199 g/mol. The van der Waals surface area contributed by atoms with E-state index in [-0.39, 0.29) is 6.10 Å². The van der Waals surface area contributed by atoms with Gasteiger partial charge < -0.3 is 4.43 Å². The van der Waals surface area contributed by atoms with E-state index in [9.17, 15) is 0 Å². The smallest absolute Gasteiger partial charge is 0.185 e. The highest BCUT2D eigenvalue weighted by molar-refractivity contribution is 6.69. The zero-order chi connectivity index (χ0) is 10.5. The summed E-state index contributed by atoms with van der Waals surface area (Å²) in [6.07, 6.45) is 1.86. The van der Waals surface area contributed by atoms with Gasteiger partial charge in [0.05, 0.1) is 6.07 Å². The quantitative estimate of drug-likeness (QED) is 0.637. The maximum Gasteiger partial charge on any atom is 0.185 e. The molecule has 0 saturated heterocycles. The third-order valence-corrected chi connectivity index (χ3v) is 3.05. The molecule has 0 aromatic rings. The molecule has 1 atom stereocenters. The van der Waals surface area contributed by atoms with Crippen molar-refractivity contribution in [1.29, 1.82) is 5.26 Å². The Kier molecular flexibility index (Phi) is 5.27. The van der Waals surface area contributed by atoms with Gasteiger partial charge in [-0.15, -0.1) is 0 Å². The van der Waals surface area contributed by atoms with Crippen LogP contribution in [0.3, 0.4) is 0 Å². The van der Waals surface area contributed by atoms with Crippen molar-refractivity contribution in [1.82, 2.24) is 0 Å². The summed E-state index contributed by atoms with van der Waals surface area (Å²) in [5.41, 5.74) is 0. The minimum absolute atomic E-state index is 0.193. The van der Waals surface area contributed by atoms with Crippen LogP contribution in [0, 0.1) is 17.2 Å². The molecule has 0 heterocycles. The Morgan fingerprint density at radius 1 is 1.23 bits per heavy atom. The van der Waals surface area contributed by atoms with Crippen LogP contribution >= 0.6 is 0 Å². The Morgan fingerprint density at radius 3 is 1.92 bits per heavy atom. The molecule has 0 unspecified atom stereocenters. The highest BCUT2D eigenvalue weighted by Gasteiger charge is 2.25. The summed E-state index contributed by atoms with van der Waals surface area (Å²) in [4.78, 5) is 0. The minimum Gasteiger partial charge on any atom is -0.402 e. The lowest BCUT2D eigenvalue weighted by Crippen LogP contribution is -2.35. The van der Waals surface area contributed by atoms with Crippen LogP contribution in [0.1, 0.15) is 26.7 Å². The molecule has 0 spiro atoms. The Bertz CT molecular complexity index is 176. The molecule has 0 aliphatic carbocycles. The van der Waals surface area contributed by atoms with Gasteiger partial charge in [0.1, 0.15) is 6.10 Å². The first-order valence-electron chi connectivity index (χ1n) is 5.02. The highest BCUT2D eigenvalue weighted by Crippen LogP contribution is 2.19. The molecule has 0 fully saturated rings. The first-order valence-corrected chi connectivity index (χ1v) is 8.42. The summed E-state index contributed by atoms with van der Waals surface area (Å²) in [6.45, 7) is 10.6. The van der Waals surface area contributed by atoms with E-state index in [0.29, 0.717) is 5.92 Å². The molecular formula is C10H21NOSi. The Hall–Kier alpha value is -0.333. The van der Waals surface area contributed by atoms with Gasteiger partial charge in [-0.05, 0) is 38.4 Å². The van der Waals surface area contributed by atoms with Gasteiger partial charge in [0.2, 0.25) is 0 Å². The van der Waals surface area contributed by atoms with E-state index in [0.717, 1.165) is 12.8 Å². The van der Waals surface area contributed by atoms with Gasteiger partial charge >= 0.3 is 0 Å². The Balaban J connectivity index is 4.26. The molecule has 0 aliphatic rings. The van der Waals surface area contributed by atoms with E-state index in [4.69, 9.17) is 9.69 Å². The fraction of sp³-hybridized carbons (Fsp3) is 0.900. The molecule has 0 saturated carbocycles. The van der Waals surface area contributed by atoms with Gasteiger partial charge in [-0.3, -0.25) is 0 Å². The fourth-order valence-electron chi connectivity index (χ4n) is 1.33. The van der Waals surface area contributed by atoms with E-state index in [1.807, 2.05) is 0 Å². The van der Waals surface area contributed by atoms with Gasteiger partial charge in [0, 0.05) is 0 Å². The largest absolute Gasteiger partial charge is 0.402 e. The van der Waals surface area contributed by atoms with Crippen LogP contribution in [0.2, 0.25) is 19.6 Å². The van der Waals surface area contributed by atoms with Crippen molar-refractivity contribution in [3.05, 3.63) is 0 Å². The molecule has 0 aromatic heterocycles. The maximum absolute atomic E-state index is 8.97. The molecule has 3 heteroatoms. The van der Waals surface area contributed by atoms with Gasteiger partial charge in [-0.1, -0.05) is 13.8 Å². The van der Waals surface area contributed by atoms with Crippen molar-refractivity contribution in [3.8, 4) is 6.07 Å². The van der Waals surface area contributed by atoms with Gasteiger partial charge in [0.25, 0.3) is 0 Å². The number of hydrogen-bond donors (Lipinski definition) is 0. The number of rotatable bonds is 5. The molecule has 0 aromatic carbocycles. The lowest BCUT2D eigenvalue weighted by atomic mass is 9.98. The van der Waals surface area contributed by atoms with Crippen LogP contribution in [0.4, 0.5) is 0 Å². The zero-order valence-corrected chi connectivity index (χ0v) is 10.4. The molecule has 13 heavy (non-hydrogen) atoms. The molecule has 0 rings (SSSR count). The molecular weight excluding hydrogens is 178 g/mol. The predicted octanol–water partition coefficient (Wildman–Crippen LogP) is 3.17. The fourth-order valence-corrected chi connectivity index (χ4v) is 2.33. The van der Waals surface area contributed by atoms with E-state index in [1.54, 1.807) is 0 Å². The third-order valence-electron chi connectivity index (χ3n) is 2.08. The summed E-state index contributed by atoms with van der Waals surface area (Å²) >= 11 is 0. The molecule has 0 N–H and O–H groups in total. The molecule has 76 valence electrons. The molecule has 0 aliphatic heterocycles. The summed E-state index contributed by atoms with van der Waals surface area (Å²) in [5.74, 6) is 0.400. The van der Waals surface area contributed by atoms with Crippen molar-refractivity contribution in [2.24, 2.45) is 5.92 Å². The lowest BCUT2D eigenvalue weighted by Gasteiger charge is -2.26. The number of nitriles is 1. The second-order valence-corrected chi connectivity index (χ2v) is 8.82. The van der Waals surface area contributed by atoms with Crippen LogP contribution in [0.5, 0.6) is 0 Å². The molecule has 0 bridgehead atoms. The van der Waals surface area contributed by atoms with E-state index in [1.165, 1.54) is 0 Å². The Labute approximate surface area is 83.0 Å². The molecule has 0 radical (unpaired) electrons. The summed E-state index contributed by atoms with van der Waals surface area (Å²) in [5, 5.41) is 8.97. The van der Waals surface area contributed by atoms with Gasteiger partial charge in [-0.25, -0.2) is 0 Å². The van der Waals surface area contributed by atoms with Gasteiger partial charge in [0.15, 0.2) is 8.32 Å². The highest BCUT2D eigenvalue weighted by atomic mass is 28.4. The topological polar surface area (TPSA) is 33.0 Å². The standard InChI is InChI=1S/C10H21NOSi/c1-6-9(7-2)10(8-11)12-13(3,4)5/h9-10H,6-7H2,1-5H3/t10-/m1/s1. The van der Waals surface area contributed by atoms with Crippen molar-refractivity contribution in [3.63, 3.8) is 0 Å². The minimum atomic E-state index is -1.56. The lowest BCUT2D eigenvalue weighted by molar-refractivity contribution is 0.170. The zero-order valence-electron chi connectivity index (χ0n) is 9.42. The summed E-state index contributed by atoms with van der Waals surface area (Å²) in [6, 6.07) is 2.27. The predicted molar refractivity (Wildman–Crippen MR) is 57.9 cm³/mol. The van der Waals surface area contributed by atoms with E-state index < -0.39 is 8.32 Å². The number of nitrogens with zero attached hydrogens (tertiary/aromatic N) is 1. The molecule has 2 nitrogen and oxygen atoms in total. The van der Waals surface area contributed by atoms with Crippen LogP contribution in [0.15, 0.2) is 0 Å². The van der Waals surface area contributed by atoms with Crippen molar-refractivity contribution < 1.29 is 4.43 Å². The monoisotopic (exact) mass is 199 g/mol. The number of hydrogen-bond acceptors (Lipinski definition) is 2. The van der Waals surface area contributed by atoms with Crippen molar-refractivity contribution in [2.75, 3.05) is 0 Å². The second-order valence-electron chi connectivity index (χ2n) is 4.36. The van der Waals surface area contributed by atoms with Gasteiger partial charge in [-0.2, -0.15) is 5.26 Å². The van der Waals surface area contributed by atoms with E-state index in [2.05, 4.69) is 39.6 Å².